The first-order chi connectivity index (χ1) is 18.1. The Morgan fingerprint density at radius 1 is 1.11 bits per heavy atom. The second-order valence-electron chi connectivity index (χ2n) is 8.94. The van der Waals surface area contributed by atoms with Gasteiger partial charge in [-0.1, -0.05) is 0 Å². The molecular weight excluding hydrogens is 523 g/mol. The first-order valence-corrected chi connectivity index (χ1v) is 13.3. The molecule has 200 valence electrons. The summed E-state index contributed by atoms with van der Waals surface area (Å²) in [6.07, 6.45) is 5.04. The summed E-state index contributed by atoms with van der Waals surface area (Å²) in [7, 11) is -4.42. The maximum absolute atomic E-state index is 15.2. The number of benzene rings is 1. The second kappa shape index (κ2) is 10.2. The molecule has 4 aromatic rings. The van der Waals surface area contributed by atoms with E-state index < -0.39 is 43.8 Å². The molecule has 0 amide bonds. The summed E-state index contributed by atoms with van der Waals surface area (Å²) in [5.41, 5.74) is 1.32. The molecule has 0 aliphatic carbocycles. The van der Waals surface area contributed by atoms with Gasteiger partial charge in [-0.2, -0.15) is 5.10 Å². The molecule has 0 bridgehead atoms. The van der Waals surface area contributed by atoms with Crippen molar-refractivity contribution < 1.29 is 31.1 Å². The van der Waals surface area contributed by atoms with Gasteiger partial charge in [0, 0.05) is 23.8 Å². The molecule has 9 nitrogen and oxygen atoms in total. The van der Waals surface area contributed by atoms with Gasteiger partial charge in [0.05, 0.1) is 23.3 Å². The van der Waals surface area contributed by atoms with Crippen LogP contribution in [0.1, 0.15) is 42.4 Å². The minimum Gasteiger partial charge on any atom is -0.483 e. The molecular formula is C25H24F3N5O4S. The van der Waals surface area contributed by atoms with Gasteiger partial charge >= 0.3 is 0 Å². The van der Waals surface area contributed by atoms with Gasteiger partial charge in [0.2, 0.25) is 0 Å². The Morgan fingerprint density at radius 3 is 2.68 bits per heavy atom. The Labute approximate surface area is 216 Å². The lowest BCUT2D eigenvalue weighted by Crippen LogP contribution is -2.19. The molecule has 13 heteroatoms. The largest absolute Gasteiger partial charge is 0.483 e. The van der Waals surface area contributed by atoms with Crippen molar-refractivity contribution in [1.29, 1.82) is 0 Å². The van der Waals surface area contributed by atoms with E-state index in [-0.39, 0.29) is 18.5 Å². The molecule has 0 saturated carbocycles. The number of aryl methyl sites for hydroxylation is 2. The van der Waals surface area contributed by atoms with Crippen LogP contribution in [-0.4, -0.2) is 34.8 Å². The van der Waals surface area contributed by atoms with E-state index >= 15 is 4.39 Å². The van der Waals surface area contributed by atoms with Crippen LogP contribution in [0.15, 0.2) is 41.6 Å². The molecule has 3 aromatic heterocycles. The van der Waals surface area contributed by atoms with Crippen LogP contribution in [0.25, 0.3) is 11.0 Å². The highest BCUT2D eigenvalue weighted by Gasteiger charge is 2.24. The number of nitrogens with one attached hydrogen (secondary N) is 1. The minimum absolute atomic E-state index is 0.00875. The third kappa shape index (κ3) is 5.03. The van der Waals surface area contributed by atoms with E-state index in [4.69, 9.17) is 9.47 Å². The zero-order valence-corrected chi connectivity index (χ0v) is 21.4. The Bertz CT molecular complexity index is 1620. The molecule has 4 heterocycles. The molecule has 1 aromatic carbocycles. The number of pyridine rings is 2. The van der Waals surface area contributed by atoms with E-state index in [1.54, 1.807) is 10.7 Å². The Balaban J connectivity index is 1.37. The van der Waals surface area contributed by atoms with Crippen molar-refractivity contribution in [3.8, 4) is 5.75 Å². The van der Waals surface area contributed by atoms with Crippen LogP contribution in [0.2, 0.25) is 0 Å². The lowest BCUT2D eigenvalue weighted by molar-refractivity contribution is -0.0371. The van der Waals surface area contributed by atoms with E-state index in [1.807, 2.05) is 11.6 Å². The number of ether oxygens (including phenoxy) is 2. The van der Waals surface area contributed by atoms with Crippen LogP contribution in [0.3, 0.4) is 0 Å². The summed E-state index contributed by atoms with van der Waals surface area (Å²) < 4.78 is 83.7. The predicted octanol–water partition coefficient (Wildman–Crippen LogP) is 4.94. The molecule has 1 fully saturated rings. The third-order valence-corrected chi connectivity index (χ3v) is 7.67. The minimum atomic E-state index is -4.42. The van der Waals surface area contributed by atoms with Gasteiger partial charge in [0.25, 0.3) is 10.0 Å². The van der Waals surface area contributed by atoms with Gasteiger partial charge in [-0.3, -0.25) is 9.71 Å². The number of fused-ring (bicyclic) bond motifs is 1. The normalized spacial score (nSPS) is 16.1. The van der Waals surface area contributed by atoms with Crippen molar-refractivity contribution >= 4 is 26.7 Å². The van der Waals surface area contributed by atoms with Crippen LogP contribution in [0.5, 0.6) is 5.75 Å². The monoisotopic (exact) mass is 547 g/mol. The van der Waals surface area contributed by atoms with Crippen molar-refractivity contribution in [1.82, 2.24) is 19.7 Å². The Morgan fingerprint density at radius 2 is 1.92 bits per heavy atom. The number of rotatable bonds is 7. The molecule has 1 N–H and O–H groups in total. The topological polar surface area (TPSA) is 108 Å². The lowest BCUT2D eigenvalue weighted by Gasteiger charge is -2.23. The summed E-state index contributed by atoms with van der Waals surface area (Å²) in [6, 6.07) is 4.31. The third-order valence-electron chi connectivity index (χ3n) is 6.19. The van der Waals surface area contributed by atoms with E-state index in [0.717, 1.165) is 54.7 Å². The zero-order chi connectivity index (χ0) is 27.0. The molecule has 0 radical (unpaired) electrons. The van der Waals surface area contributed by atoms with Crippen molar-refractivity contribution in [2.24, 2.45) is 0 Å². The first-order valence-electron chi connectivity index (χ1n) is 11.8. The fourth-order valence-corrected chi connectivity index (χ4v) is 5.54. The summed E-state index contributed by atoms with van der Waals surface area (Å²) in [6.45, 7) is 3.60. The van der Waals surface area contributed by atoms with Crippen LogP contribution in [-0.2, 0) is 21.4 Å². The van der Waals surface area contributed by atoms with Crippen LogP contribution in [0.4, 0.5) is 18.9 Å². The number of aromatic nitrogens is 4. The summed E-state index contributed by atoms with van der Waals surface area (Å²) in [5, 5.41) is 5.31. The number of hydrogen-bond acceptors (Lipinski definition) is 7. The van der Waals surface area contributed by atoms with Crippen LogP contribution < -0.4 is 9.46 Å². The first kappa shape index (κ1) is 25.9. The molecule has 1 aliphatic rings. The number of halogens is 3. The summed E-state index contributed by atoms with van der Waals surface area (Å²) in [4.78, 5) is 7.67. The molecule has 1 aliphatic heterocycles. The number of anilines is 1. The van der Waals surface area contributed by atoms with Gasteiger partial charge in [-0.05, 0) is 57.4 Å². The van der Waals surface area contributed by atoms with E-state index in [0.29, 0.717) is 17.8 Å². The lowest BCUT2D eigenvalue weighted by atomic mass is 10.2. The SMILES string of the molecule is Cc1ncc(F)cc1S(=O)(=O)Nc1ccc(F)c(OCc2cnc3c(c2)c(C)nn3C2CCCCO2)c1F. The standard InChI is InChI=1S/C25H24F3N5O4S/c1-14-18-9-16(11-30-25(18)33(31-14)22-5-3-4-8-36-22)13-37-24-19(27)6-7-20(23(24)28)32-38(34,35)21-10-17(26)12-29-15(21)2/h6-7,9-12,22,32H,3-5,8,13H2,1-2H3. The predicted molar refractivity (Wildman–Crippen MR) is 132 cm³/mol. The van der Waals surface area contributed by atoms with E-state index in [9.17, 15) is 17.2 Å². The molecule has 1 atom stereocenters. The fourth-order valence-electron chi connectivity index (χ4n) is 4.27. The fraction of sp³-hybridized carbons (Fsp3) is 0.320. The molecule has 0 spiro atoms. The smallest absolute Gasteiger partial charge is 0.263 e. The second-order valence-corrected chi connectivity index (χ2v) is 10.6. The van der Waals surface area contributed by atoms with Crippen LogP contribution in [0, 0.1) is 31.3 Å². The van der Waals surface area contributed by atoms with Crippen molar-refractivity contribution in [2.75, 3.05) is 11.3 Å². The summed E-state index contributed by atoms with van der Waals surface area (Å²) >= 11 is 0. The van der Waals surface area contributed by atoms with Crippen molar-refractivity contribution in [3.63, 3.8) is 0 Å². The van der Waals surface area contributed by atoms with Crippen molar-refractivity contribution in [3.05, 3.63) is 71.1 Å². The number of nitrogens with zero attached hydrogens (tertiary/aromatic N) is 4. The average Bonchev–Trinajstić information content (AvgIpc) is 3.23. The Hall–Kier alpha value is -3.71. The number of sulfonamides is 1. The van der Waals surface area contributed by atoms with Crippen LogP contribution >= 0.6 is 0 Å². The Kier molecular flexibility index (Phi) is 6.97. The zero-order valence-electron chi connectivity index (χ0n) is 20.5. The van der Waals surface area contributed by atoms with Gasteiger partial charge in [0.15, 0.2) is 29.3 Å². The molecule has 1 saturated heterocycles. The average molecular weight is 548 g/mol. The highest BCUT2D eigenvalue weighted by molar-refractivity contribution is 7.92. The van der Waals surface area contributed by atoms with Gasteiger partial charge in [0.1, 0.15) is 17.3 Å². The highest BCUT2D eigenvalue weighted by atomic mass is 32.2. The molecule has 5 rings (SSSR count). The molecule has 1 unspecified atom stereocenters. The van der Waals surface area contributed by atoms with Gasteiger partial charge in [-0.15, -0.1) is 0 Å². The highest BCUT2D eigenvalue weighted by Crippen LogP contribution is 2.31. The van der Waals surface area contributed by atoms with Gasteiger partial charge < -0.3 is 9.47 Å². The van der Waals surface area contributed by atoms with Crippen molar-refractivity contribution in [2.45, 2.75) is 50.8 Å². The van der Waals surface area contributed by atoms with E-state index in [1.165, 1.54) is 13.1 Å². The number of hydrogen-bond donors (Lipinski definition) is 1. The van der Waals surface area contributed by atoms with E-state index in [2.05, 4.69) is 15.1 Å². The van der Waals surface area contributed by atoms with Gasteiger partial charge in [-0.25, -0.2) is 31.3 Å². The maximum atomic E-state index is 15.2. The summed E-state index contributed by atoms with van der Waals surface area (Å²) in [5.74, 6) is -3.94. The quantitative estimate of drug-likeness (QED) is 0.349. The maximum Gasteiger partial charge on any atom is 0.263 e. The molecule has 38 heavy (non-hydrogen) atoms.